The maximum atomic E-state index is 12.6. The Morgan fingerprint density at radius 3 is 2.24 bits per heavy atom. The lowest BCUT2D eigenvalue weighted by Crippen LogP contribution is -2.36. The van der Waals surface area contributed by atoms with Crippen molar-refractivity contribution in [3.8, 4) is 28.6 Å². The van der Waals surface area contributed by atoms with Gasteiger partial charge in [0.15, 0.2) is 22.5 Å². The van der Waals surface area contributed by atoms with E-state index in [1.807, 2.05) is 35.8 Å². The van der Waals surface area contributed by atoms with Gasteiger partial charge >= 0.3 is 0 Å². The number of fused-ring (bicyclic) bond motifs is 1. The van der Waals surface area contributed by atoms with E-state index < -0.39 is 0 Å². The highest BCUT2D eigenvalue weighted by atomic mass is 32.2. The number of carbonyl (C=O) groups excluding carboxylic acids is 1. The number of hydrogen-bond donors (Lipinski definition) is 1. The lowest BCUT2D eigenvalue weighted by molar-refractivity contribution is -0.119. The predicted octanol–water partition coefficient (Wildman–Crippen LogP) is 3.37. The molecule has 1 aromatic heterocycles. The molecule has 9 heteroatoms. The first kappa shape index (κ1) is 23.0. The van der Waals surface area contributed by atoms with Gasteiger partial charge < -0.3 is 24.1 Å². The van der Waals surface area contributed by atoms with Crippen LogP contribution in [0.1, 0.15) is 18.1 Å². The molecule has 1 aliphatic rings. The van der Waals surface area contributed by atoms with Crippen molar-refractivity contribution in [1.82, 2.24) is 20.1 Å². The summed E-state index contributed by atoms with van der Waals surface area (Å²) in [6.45, 7) is 2.67. The van der Waals surface area contributed by atoms with E-state index in [9.17, 15) is 4.79 Å². The average molecular weight is 469 g/mol. The second-order valence-electron chi connectivity index (χ2n) is 7.69. The largest absolute Gasteiger partial charge is 0.493 e. The summed E-state index contributed by atoms with van der Waals surface area (Å²) in [7, 11) is 4.72. The monoisotopic (exact) mass is 468 g/mol. The number of ether oxygens (including phenoxy) is 3. The van der Waals surface area contributed by atoms with E-state index in [0.29, 0.717) is 34.8 Å². The summed E-state index contributed by atoms with van der Waals surface area (Å²) in [4.78, 5) is 12.6. The zero-order chi connectivity index (χ0) is 23.4. The summed E-state index contributed by atoms with van der Waals surface area (Å²) in [5.74, 6) is 2.56. The number of nitrogens with zero attached hydrogens (tertiary/aromatic N) is 3. The zero-order valence-corrected chi connectivity index (χ0v) is 20.1. The molecule has 0 radical (unpaired) electrons. The van der Waals surface area contributed by atoms with Crippen LogP contribution in [0.15, 0.2) is 41.6 Å². The number of nitrogens with one attached hydrogen (secondary N) is 1. The van der Waals surface area contributed by atoms with Gasteiger partial charge in [-0.25, -0.2) is 0 Å². The normalized spacial score (nSPS) is 13.0. The van der Waals surface area contributed by atoms with Gasteiger partial charge in [0.1, 0.15) is 0 Å². The molecule has 8 nitrogen and oxygen atoms in total. The molecule has 0 spiro atoms. The summed E-state index contributed by atoms with van der Waals surface area (Å²) in [6, 6.07) is 12.2. The van der Waals surface area contributed by atoms with Crippen LogP contribution in [0.2, 0.25) is 0 Å². The highest BCUT2D eigenvalue weighted by Crippen LogP contribution is 2.41. The van der Waals surface area contributed by atoms with E-state index in [4.69, 9.17) is 14.2 Å². The first-order valence-corrected chi connectivity index (χ1v) is 11.8. The second kappa shape index (κ2) is 10.2. The van der Waals surface area contributed by atoms with Gasteiger partial charge in [0.2, 0.25) is 11.7 Å². The topological polar surface area (TPSA) is 87.5 Å². The average Bonchev–Trinajstić information content (AvgIpc) is 3.44. The molecule has 3 aromatic rings. The number of amides is 1. The Labute approximate surface area is 197 Å². The minimum absolute atomic E-state index is 0.00204. The van der Waals surface area contributed by atoms with Crippen molar-refractivity contribution in [3.63, 3.8) is 0 Å². The van der Waals surface area contributed by atoms with Crippen LogP contribution >= 0.6 is 11.8 Å². The first-order chi connectivity index (χ1) is 16.1. The Kier molecular flexibility index (Phi) is 7.08. The molecule has 1 aliphatic carbocycles. The molecular formula is C24H28N4O4S. The van der Waals surface area contributed by atoms with E-state index in [2.05, 4.69) is 27.6 Å². The third-order valence-electron chi connectivity index (χ3n) is 5.70. The molecule has 1 heterocycles. The van der Waals surface area contributed by atoms with Crippen LogP contribution in [-0.2, 0) is 24.2 Å². The number of rotatable bonds is 9. The van der Waals surface area contributed by atoms with Crippen LogP contribution in [0.3, 0.4) is 0 Å². The number of carbonyl (C=O) groups is 1. The standard InChI is InChI=1S/C24H28N4O4S/c1-5-28-23(17-12-19(30-2)22(32-4)20(13-17)31-3)26-27-24(28)33-14-21(29)25-18-10-15-8-6-7-9-16(15)11-18/h6-9,12-13,18H,5,10-11,14H2,1-4H3,(H,25,29). The van der Waals surface area contributed by atoms with E-state index in [1.54, 1.807) is 21.3 Å². The summed E-state index contributed by atoms with van der Waals surface area (Å²) >= 11 is 1.38. The fourth-order valence-corrected chi connectivity index (χ4v) is 4.98. The Hall–Kier alpha value is -3.20. The molecular weight excluding hydrogens is 440 g/mol. The predicted molar refractivity (Wildman–Crippen MR) is 127 cm³/mol. The summed E-state index contributed by atoms with van der Waals surface area (Å²) < 4.78 is 18.3. The third-order valence-corrected chi connectivity index (χ3v) is 6.67. The van der Waals surface area contributed by atoms with Gasteiger partial charge in [0.05, 0.1) is 27.1 Å². The number of thioether (sulfide) groups is 1. The number of hydrogen-bond acceptors (Lipinski definition) is 7. The van der Waals surface area contributed by atoms with Crippen molar-refractivity contribution in [2.45, 2.75) is 37.5 Å². The Balaban J connectivity index is 1.46. The smallest absolute Gasteiger partial charge is 0.230 e. The van der Waals surface area contributed by atoms with Gasteiger partial charge in [-0.3, -0.25) is 4.79 Å². The van der Waals surface area contributed by atoms with Crippen molar-refractivity contribution >= 4 is 17.7 Å². The molecule has 0 aliphatic heterocycles. The molecule has 174 valence electrons. The Morgan fingerprint density at radius 1 is 1.06 bits per heavy atom. The SMILES string of the molecule is CCn1c(SCC(=O)NC2Cc3ccccc3C2)nnc1-c1cc(OC)c(OC)c(OC)c1. The minimum atomic E-state index is -0.00204. The molecule has 0 saturated heterocycles. The van der Waals surface area contributed by atoms with Crippen molar-refractivity contribution < 1.29 is 19.0 Å². The Bertz CT molecular complexity index is 1100. The lowest BCUT2D eigenvalue weighted by Gasteiger charge is -2.14. The Morgan fingerprint density at radius 2 is 1.70 bits per heavy atom. The van der Waals surface area contributed by atoms with Crippen molar-refractivity contribution in [2.75, 3.05) is 27.1 Å². The highest BCUT2D eigenvalue weighted by molar-refractivity contribution is 7.99. The lowest BCUT2D eigenvalue weighted by atomic mass is 10.1. The highest BCUT2D eigenvalue weighted by Gasteiger charge is 2.23. The minimum Gasteiger partial charge on any atom is -0.493 e. The maximum Gasteiger partial charge on any atom is 0.230 e. The van der Waals surface area contributed by atoms with Gasteiger partial charge in [0, 0.05) is 18.2 Å². The van der Waals surface area contributed by atoms with Gasteiger partial charge in [-0.2, -0.15) is 0 Å². The van der Waals surface area contributed by atoms with Crippen molar-refractivity contribution in [1.29, 1.82) is 0 Å². The first-order valence-electron chi connectivity index (χ1n) is 10.8. The van der Waals surface area contributed by atoms with Gasteiger partial charge in [0.25, 0.3) is 0 Å². The molecule has 0 saturated carbocycles. The van der Waals surface area contributed by atoms with Gasteiger partial charge in [-0.05, 0) is 43.0 Å². The van der Waals surface area contributed by atoms with E-state index in [-0.39, 0.29) is 17.7 Å². The van der Waals surface area contributed by atoms with Crippen LogP contribution in [0.5, 0.6) is 17.2 Å². The molecule has 0 atom stereocenters. The van der Waals surface area contributed by atoms with Crippen molar-refractivity contribution in [3.05, 3.63) is 47.5 Å². The number of benzene rings is 2. The molecule has 1 amide bonds. The summed E-state index contributed by atoms with van der Waals surface area (Å²) in [5, 5.41) is 12.6. The van der Waals surface area contributed by atoms with Crippen LogP contribution < -0.4 is 19.5 Å². The van der Waals surface area contributed by atoms with Crippen LogP contribution in [0, 0.1) is 0 Å². The van der Waals surface area contributed by atoms with Crippen LogP contribution in [-0.4, -0.2) is 53.8 Å². The van der Waals surface area contributed by atoms with E-state index in [1.165, 1.54) is 22.9 Å². The molecule has 1 N–H and O–H groups in total. The van der Waals surface area contributed by atoms with Gasteiger partial charge in [-0.15, -0.1) is 10.2 Å². The molecule has 2 aromatic carbocycles. The molecule has 0 fully saturated rings. The molecule has 0 bridgehead atoms. The summed E-state index contributed by atoms with van der Waals surface area (Å²) in [5.41, 5.74) is 3.42. The quantitative estimate of drug-likeness (QED) is 0.482. The van der Waals surface area contributed by atoms with E-state index in [0.717, 1.165) is 18.4 Å². The van der Waals surface area contributed by atoms with Gasteiger partial charge in [-0.1, -0.05) is 36.0 Å². The summed E-state index contributed by atoms with van der Waals surface area (Å²) in [6.07, 6.45) is 1.76. The fourth-order valence-electron chi connectivity index (χ4n) is 4.16. The number of methoxy groups -OCH3 is 3. The zero-order valence-electron chi connectivity index (χ0n) is 19.3. The maximum absolute atomic E-state index is 12.6. The molecule has 0 unspecified atom stereocenters. The number of aromatic nitrogens is 3. The fraction of sp³-hybridized carbons (Fsp3) is 0.375. The molecule has 33 heavy (non-hydrogen) atoms. The van der Waals surface area contributed by atoms with E-state index >= 15 is 0 Å². The van der Waals surface area contributed by atoms with Crippen molar-refractivity contribution in [2.24, 2.45) is 0 Å². The molecule has 4 rings (SSSR count). The second-order valence-corrected chi connectivity index (χ2v) is 8.64. The third kappa shape index (κ3) is 4.78. The van der Waals surface area contributed by atoms with Crippen LogP contribution in [0.4, 0.5) is 0 Å². The van der Waals surface area contributed by atoms with Crippen LogP contribution in [0.25, 0.3) is 11.4 Å².